The molecule has 2 heterocycles. The molecule has 1 fully saturated rings. The molecule has 92 valence electrons. The van der Waals surface area contributed by atoms with Gasteiger partial charge in [-0.3, -0.25) is 4.79 Å². The van der Waals surface area contributed by atoms with Crippen LogP contribution in [0.2, 0.25) is 0 Å². The van der Waals surface area contributed by atoms with Crippen molar-refractivity contribution in [3.63, 3.8) is 0 Å². The average Bonchev–Trinajstić information content (AvgIpc) is 2.29. The van der Waals surface area contributed by atoms with Gasteiger partial charge in [-0.15, -0.1) is 0 Å². The Hall–Kier alpha value is -1.96. The molecule has 1 saturated heterocycles. The molecule has 0 aliphatic carbocycles. The monoisotopic (exact) mass is 243 g/mol. The SMILES string of the molecule is NNc1nc(N2CCNC(=O)C2)c(F)cc1F. The summed E-state index contributed by atoms with van der Waals surface area (Å²) in [4.78, 5) is 16.3. The van der Waals surface area contributed by atoms with Gasteiger partial charge in [0.1, 0.15) is 0 Å². The van der Waals surface area contributed by atoms with Gasteiger partial charge < -0.3 is 15.6 Å². The second-order valence-electron chi connectivity index (χ2n) is 3.54. The predicted molar refractivity (Wildman–Crippen MR) is 57.2 cm³/mol. The Morgan fingerprint density at radius 3 is 2.88 bits per heavy atom. The fourth-order valence-electron chi connectivity index (χ4n) is 1.60. The van der Waals surface area contributed by atoms with Gasteiger partial charge in [-0.25, -0.2) is 19.6 Å². The maximum atomic E-state index is 13.5. The highest BCUT2D eigenvalue weighted by molar-refractivity contribution is 5.82. The lowest BCUT2D eigenvalue weighted by atomic mass is 10.3. The van der Waals surface area contributed by atoms with Crippen molar-refractivity contribution in [3.8, 4) is 0 Å². The van der Waals surface area contributed by atoms with E-state index in [2.05, 4.69) is 10.3 Å². The molecule has 8 heteroatoms. The van der Waals surface area contributed by atoms with Crippen LogP contribution in [0.15, 0.2) is 6.07 Å². The van der Waals surface area contributed by atoms with E-state index in [1.165, 1.54) is 4.90 Å². The number of nitrogens with two attached hydrogens (primary N) is 1. The first-order chi connectivity index (χ1) is 8.11. The van der Waals surface area contributed by atoms with Gasteiger partial charge in [-0.1, -0.05) is 0 Å². The van der Waals surface area contributed by atoms with Crippen LogP contribution in [0.3, 0.4) is 0 Å². The minimum Gasteiger partial charge on any atom is -0.353 e. The number of amides is 1. The molecule has 0 spiro atoms. The first kappa shape index (κ1) is 11.5. The number of pyridine rings is 1. The molecule has 2 rings (SSSR count). The Kier molecular flexibility index (Phi) is 3.05. The van der Waals surface area contributed by atoms with Gasteiger partial charge in [-0.05, 0) is 0 Å². The lowest BCUT2D eigenvalue weighted by molar-refractivity contribution is -0.120. The average molecular weight is 243 g/mol. The summed E-state index contributed by atoms with van der Waals surface area (Å²) in [7, 11) is 0. The van der Waals surface area contributed by atoms with Crippen LogP contribution >= 0.6 is 0 Å². The van der Waals surface area contributed by atoms with Crippen molar-refractivity contribution in [1.82, 2.24) is 10.3 Å². The molecular formula is C9H11F2N5O. The second-order valence-corrected chi connectivity index (χ2v) is 3.54. The van der Waals surface area contributed by atoms with Gasteiger partial charge in [0.05, 0.1) is 6.54 Å². The zero-order chi connectivity index (χ0) is 12.4. The van der Waals surface area contributed by atoms with Gasteiger partial charge in [0.15, 0.2) is 23.3 Å². The minimum atomic E-state index is -0.879. The van der Waals surface area contributed by atoms with Crippen molar-refractivity contribution in [2.75, 3.05) is 30.0 Å². The number of piperazine rings is 1. The van der Waals surface area contributed by atoms with E-state index >= 15 is 0 Å². The molecular weight excluding hydrogens is 232 g/mol. The molecule has 17 heavy (non-hydrogen) atoms. The summed E-state index contributed by atoms with van der Waals surface area (Å²) in [6.07, 6.45) is 0. The lowest BCUT2D eigenvalue weighted by Gasteiger charge is -2.28. The summed E-state index contributed by atoms with van der Waals surface area (Å²) in [5.41, 5.74) is 2.03. The highest BCUT2D eigenvalue weighted by Crippen LogP contribution is 2.22. The molecule has 1 aromatic heterocycles. The topological polar surface area (TPSA) is 83.3 Å². The molecule has 0 bridgehead atoms. The van der Waals surface area contributed by atoms with E-state index in [0.717, 1.165) is 0 Å². The van der Waals surface area contributed by atoms with Crippen molar-refractivity contribution < 1.29 is 13.6 Å². The van der Waals surface area contributed by atoms with E-state index in [1.54, 1.807) is 0 Å². The minimum absolute atomic E-state index is 0.0143. The van der Waals surface area contributed by atoms with Crippen molar-refractivity contribution >= 4 is 17.5 Å². The third-order valence-corrected chi connectivity index (χ3v) is 2.39. The first-order valence-electron chi connectivity index (χ1n) is 4.96. The van der Waals surface area contributed by atoms with E-state index in [4.69, 9.17) is 5.84 Å². The van der Waals surface area contributed by atoms with Crippen LogP contribution in [0.4, 0.5) is 20.4 Å². The third kappa shape index (κ3) is 2.26. The molecule has 1 aliphatic heterocycles. The Labute approximate surface area is 95.8 Å². The molecule has 1 amide bonds. The molecule has 0 saturated carbocycles. The lowest BCUT2D eigenvalue weighted by Crippen LogP contribution is -2.48. The number of nitrogen functional groups attached to an aromatic ring is 1. The molecule has 0 radical (unpaired) electrons. The van der Waals surface area contributed by atoms with Crippen LogP contribution < -0.4 is 21.5 Å². The van der Waals surface area contributed by atoms with Crippen molar-refractivity contribution in [2.24, 2.45) is 5.84 Å². The summed E-state index contributed by atoms with van der Waals surface area (Å²) in [6, 6.07) is 0.685. The number of hydrogen-bond acceptors (Lipinski definition) is 5. The summed E-state index contributed by atoms with van der Waals surface area (Å²) in [5, 5.41) is 2.60. The number of halogens is 2. The quantitative estimate of drug-likeness (QED) is 0.485. The first-order valence-corrected chi connectivity index (χ1v) is 4.96. The number of anilines is 2. The molecule has 6 nitrogen and oxygen atoms in total. The smallest absolute Gasteiger partial charge is 0.239 e. The van der Waals surface area contributed by atoms with E-state index in [1.807, 2.05) is 5.43 Å². The Morgan fingerprint density at radius 2 is 2.24 bits per heavy atom. The molecule has 1 aromatic rings. The molecule has 0 unspecified atom stereocenters. The number of hydrogen-bond donors (Lipinski definition) is 3. The maximum Gasteiger partial charge on any atom is 0.239 e. The summed E-state index contributed by atoms with van der Waals surface area (Å²) >= 11 is 0. The fourth-order valence-corrected chi connectivity index (χ4v) is 1.60. The zero-order valence-corrected chi connectivity index (χ0v) is 8.83. The number of carbonyl (C=O) groups is 1. The maximum absolute atomic E-state index is 13.5. The van der Waals surface area contributed by atoms with Gasteiger partial charge in [0.25, 0.3) is 0 Å². The summed E-state index contributed by atoms with van der Waals surface area (Å²) in [6.45, 7) is 0.785. The Morgan fingerprint density at radius 1 is 1.47 bits per heavy atom. The van der Waals surface area contributed by atoms with Gasteiger partial charge in [0.2, 0.25) is 5.91 Å². The number of nitrogens with one attached hydrogen (secondary N) is 2. The van der Waals surface area contributed by atoms with Crippen molar-refractivity contribution in [2.45, 2.75) is 0 Å². The van der Waals surface area contributed by atoms with E-state index < -0.39 is 11.6 Å². The van der Waals surface area contributed by atoms with Gasteiger partial charge in [-0.2, -0.15) is 0 Å². The van der Waals surface area contributed by atoms with Crippen molar-refractivity contribution in [1.29, 1.82) is 0 Å². The number of hydrazine groups is 1. The number of carbonyl (C=O) groups excluding carboxylic acids is 1. The standard InChI is InChI=1S/C9H11F2N5O/c10-5-3-6(11)9(14-8(5)15-12)16-2-1-13-7(17)4-16/h3H,1-2,4,12H2,(H,13,17)(H,14,15). The summed E-state index contributed by atoms with van der Waals surface area (Å²) < 4.78 is 26.7. The molecule has 0 atom stereocenters. The third-order valence-electron chi connectivity index (χ3n) is 2.39. The van der Waals surface area contributed by atoms with Crippen LogP contribution in [-0.2, 0) is 4.79 Å². The predicted octanol–water partition coefficient (Wildman–Crippen LogP) is -0.418. The fraction of sp³-hybridized carbons (Fsp3) is 0.333. The normalized spacial score (nSPS) is 15.7. The van der Waals surface area contributed by atoms with Crippen LogP contribution in [-0.4, -0.2) is 30.5 Å². The van der Waals surface area contributed by atoms with E-state index in [-0.39, 0.29) is 24.1 Å². The van der Waals surface area contributed by atoms with Crippen LogP contribution in [0.5, 0.6) is 0 Å². The number of rotatable bonds is 2. The van der Waals surface area contributed by atoms with Crippen LogP contribution in [0.25, 0.3) is 0 Å². The Bertz CT molecular complexity index is 453. The zero-order valence-electron chi connectivity index (χ0n) is 8.83. The van der Waals surface area contributed by atoms with Gasteiger partial charge >= 0.3 is 0 Å². The van der Waals surface area contributed by atoms with Crippen molar-refractivity contribution in [3.05, 3.63) is 17.7 Å². The largest absolute Gasteiger partial charge is 0.353 e. The number of aromatic nitrogens is 1. The van der Waals surface area contributed by atoms with Crippen LogP contribution in [0.1, 0.15) is 0 Å². The second kappa shape index (κ2) is 4.50. The molecule has 0 aromatic carbocycles. The van der Waals surface area contributed by atoms with Crippen LogP contribution in [0, 0.1) is 11.6 Å². The highest BCUT2D eigenvalue weighted by Gasteiger charge is 2.22. The van der Waals surface area contributed by atoms with E-state index in [9.17, 15) is 13.6 Å². The van der Waals surface area contributed by atoms with E-state index in [0.29, 0.717) is 19.2 Å². The number of nitrogens with zero attached hydrogens (tertiary/aromatic N) is 2. The van der Waals surface area contributed by atoms with Gasteiger partial charge in [0, 0.05) is 19.2 Å². The highest BCUT2D eigenvalue weighted by atomic mass is 19.1. The molecule has 4 N–H and O–H groups in total. The Balaban J connectivity index is 2.33. The molecule has 1 aliphatic rings. The summed E-state index contributed by atoms with van der Waals surface area (Å²) in [5.74, 6) is 2.77.